The lowest BCUT2D eigenvalue weighted by atomic mass is 10.1. The molecule has 0 bridgehead atoms. The molecule has 2 rings (SSSR count). The highest BCUT2D eigenvalue weighted by atomic mass is 19.3. The van der Waals surface area contributed by atoms with Crippen LogP contribution in [0.5, 0.6) is 0 Å². The van der Waals surface area contributed by atoms with Gasteiger partial charge in [-0.15, -0.1) is 0 Å². The van der Waals surface area contributed by atoms with Crippen molar-refractivity contribution < 1.29 is 8.78 Å². The van der Waals surface area contributed by atoms with Crippen molar-refractivity contribution in [1.29, 1.82) is 0 Å². The summed E-state index contributed by atoms with van der Waals surface area (Å²) in [7, 11) is 0. The van der Waals surface area contributed by atoms with Crippen LogP contribution < -0.4 is 4.90 Å². The Bertz CT molecular complexity index is 333. The highest BCUT2D eigenvalue weighted by Gasteiger charge is 2.35. The number of hydrogen-bond acceptors (Lipinski definition) is 1. The van der Waals surface area contributed by atoms with E-state index in [9.17, 15) is 8.78 Å². The number of halogens is 2. The molecule has 0 saturated carbocycles. The molecule has 1 nitrogen and oxygen atoms in total. The van der Waals surface area contributed by atoms with E-state index < -0.39 is 5.92 Å². The second-order valence-corrected chi connectivity index (χ2v) is 4.22. The monoisotopic (exact) mass is 241 g/mol. The summed E-state index contributed by atoms with van der Waals surface area (Å²) in [4.78, 5) is 1.77. The molecule has 0 unspecified atom stereocenters. The Kier molecular flexibility index (Phi) is 4.91. The zero-order valence-corrected chi connectivity index (χ0v) is 10.8. The van der Waals surface area contributed by atoms with Gasteiger partial charge in [0.05, 0.1) is 6.54 Å². The minimum Gasteiger partial charge on any atom is -0.365 e. The van der Waals surface area contributed by atoms with Gasteiger partial charge in [-0.2, -0.15) is 0 Å². The molecule has 1 aromatic rings. The number of nitrogens with zero attached hydrogens (tertiary/aromatic N) is 1. The van der Waals surface area contributed by atoms with Gasteiger partial charge in [0.1, 0.15) is 0 Å². The number of benzene rings is 1. The maximum Gasteiger partial charge on any atom is 0.265 e. The Morgan fingerprint density at radius 3 is 2.24 bits per heavy atom. The van der Waals surface area contributed by atoms with Crippen LogP contribution in [-0.4, -0.2) is 19.0 Å². The number of hydrogen-bond donors (Lipinski definition) is 0. The third-order valence-electron chi connectivity index (χ3n) is 2.79. The van der Waals surface area contributed by atoms with Crippen molar-refractivity contribution in [2.75, 3.05) is 18.0 Å². The molecule has 1 fully saturated rings. The van der Waals surface area contributed by atoms with Crippen molar-refractivity contribution in [2.45, 2.75) is 39.5 Å². The molecule has 0 radical (unpaired) electrons. The van der Waals surface area contributed by atoms with E-state index in [2.05, 4.69) is 0 Å². The molecule has 1 aliphatic rings. The molecule has 17 heavy (non-hydrogen) atoms. The molecular formula is C14H21F2N. The largest absolute Gasteiger partial charge is 0.365 e. The van der Waals surface area contributed by atoms with Crippen LogP contribution in [0.2, 0.25) is 0 Å². The maximum absolute atomic E-state index is 13.2. The summed E-state index contributed by atoms with van der Waals surface area (Å²) in [5.41, 5.74) is 2.06. The van der Waals surface area contributed by atoms with Gasteiger partial charge in [-0.05, 0) is 25.5 Å². The first-order valence-corrected chi connectivity index (χ1v) is 6.26. The van der Waals surface area contributed by atoms with Crippen LogP contribution in [0.4, 0.5) is 14.5 Å². The predicted octanol–water partition coefficient (Wildman–Crippen LogP) is 4.26. The first kappa shape index (κ1) is 13.9. The second kappa shape index (κ2) is 5.99. The fraction of sp³-hybridized carbons (Fsp3) is 0.571. The number of piperidine rings is 1. The lowest BCUT2D eigenvalue weighted by Crippen LogP contribution is -2.42. The van der Waals surface area contributed by atoms with Crippen molar-refractivity contribution >= 4 is 5.69 Å². The van der Waals surface area contributed by atoms with E-state index in [1.54, 1.807) is 4.90 Å². The fourth-order valence-corrected chi connectivity index (χ4v) is 1.94. The van der Waals surface area contributed by atoms with Gasteiger partial charge in [0.2, 0.25) is 0 Å². The maximum atomic E-state index is 13.2. The van der Waals surface area contributed by atoms with Crippen LogP contribution in [0, 0.1) is 6.92 Å². The molecule has 1 aromatic carbocycles. The Morgan fingerprint density at radius 2 is 1.71 bits per heavy atom. The Labute approximate surface area is 102 Å². The normalized spacial score (nSPS) is 18.3. The topological polar surface area (TPSA) is 3.24 Å². The van der Waals surface area contributed by atoms with Gasteiger partial charge in [-0.3, -0.25) is 0 Å². The lowest BCUT2D eigenvalue weighted by molar-refractivity contribution is -0.0116. The van der Waals surface area contributed by atoms with Crippen molar-refractivity contribution in [3.05, 3.63) is 29.8 Å². The van der Waals surface area contributed by atoms with Gasteiger partial charge in [0, 0.05) is 18.7 Å². The van der Waals surface area contributed by atoms with Gasteiger partial charge < -0.3 is 4.90 Å². The molecule has 3 heteroatoms. The number of alkyl halides is 2. The van der Waals surface area contributed by atoms with E-state index in [0.717, 1.165) is 17.8 Å². The van der Waals surface area contributed by atoms with E-state index in [-0.39, 0.29) is 13.0 Å². The minimum absolute atomic E-state index is 0.0232. The van der Waals surface area contributed by atoms with Crippen molar-refractivity contribution in [2.24, 2.45) is 0 Å². The van der Waals surface area contributed by atoms with Gasteiger partial charge >= 0.3 is 0 Å². The van der Waals surface area contributed by atoms with E-state index in [0.29, 0.717) is 6.42 Å². The first-order valence-electron chi connectivity index (χ1n) is 6.26. The third kappa shape index (κ3) is 3.99. The van der Waals surface area contributed by atoms with Crippen LogP contribution in [-0.2, 0) is 0 Å². The fourth-order valence-electron chi connectivity index (χ4n) is 1.94. The Morgan fingerprint density at radius 1 is 1.12 bits per heavy atom. The zero-order valence-electron chi connectivity index (χ0n) is 10.8. The molecule has 0 atom stereocenters. The van der Waals surface area contributed by atoms with E-state index in [4.69, 9.17) is 0 Å². The number of aryl methyl sites for hydroxylation is 1. The Hall–Kier alpha value is -1.12. The van der Waals surface area contributed by atoms with E-state index in [1.807, 2.05) is 45.0 Å². The molecule has 0 aliphatic carbocycles. The molecule has 0 aromatic heterocycles. The molecule has 1 aliphatic heterocycles. The summed E-state index contributed by atoms with van der Waals surface area (Å²) in [6, 6.07) is 7.75. The zero-order chi connectivity index (χ0) is 12.9. The minimum atomic E-state index is -2.52. The molecular weight excluding hydrogens is 220 g/mol. The first-order chi connectivity index (χ1) is 8.07. The van der Waals surface area contributed by atoms with Gasteiger partial charge in [-0.25, -0.2) is 8.78 Å². The second-order valence-electron chi connectivity index (χ2n) is 4.22. The average molecular weight is 241 g/mol. The summed E-state index contributed by atoms with van der Waals surface area (Å²) in [6.45, 7) is 6.59. The van der Waals surface area contributed by atoms with E-state index in [1.165, 1.54) is 0 Å². The Balaban J connectivity index is 0.000000686. The molecule has 96 valence electrons. The number of anilines is 1. The summed E-state index contributed by atoms with van der Waals surface area (Å²) >= 11 is 0. The van der Waals surface area contributed by atoms with Crippen LogP contribution in [0.3, 0.4) is 0 Å². The van der Waals surface area contributed by atoms with Gasteiger partial charge in [0.15, 0.2) is 0 Å². The van der Waals surface area contributed by atoms with Crippen LogP contribution in [0.25, 0.3) is 0 Å². The van der Waals surface area contributed by atoms with Crippen LogP contribution >= 0.6 is 0 Å². The summed E-state index contributed by atoms with van der Waals surface area (Å²) in [6.07, 6.45) is 0.593. The highest BCUT2D eigenvalue weighted by Crippen LogP contribution is 2.29. The van der Waals surface area contributed by atoms with Gasteiger partial charge in [0.25, 0.3) is 5.92 Å². The third-order valence-corrected chi connectivity index (χ3v) is 2.79. The smallest absolute Gasteiger partial charge is 0.265 e. The van der Waals surface area contributed by atoms with Crippen molar-refractivity contribution in [1.82, 2.24) is 0 Å². The molecule has 0 N–H and O–H groups in total. The molecule has 1 saturated heterocycles. The molecule has 1 heterocycles. The van der Waals surface area contributed by atoms with Crippen molar-refractivity contribution in [3.8, 4) is 0 Å². The predicted molar refractivity (Wildman–Crippen MR) is 68.9 cm³/mol. The number of rotatable bonds is 1. The van der Waals surface area contributed by atoms with E-state index >= 15 is 0 Å². The summed E-state index contributed by atoms with van der Waals surface area (Å²) in [5, 5.41) is 0. The molecule has 0 amide bonds. The quantitative estimate of drug-likeness (QED) is 0.710. The van der Waals surface area contributed by atoms with Crippen LogP contribution in [0.1, 0.15) is 32.3 Å². The standard InChI is InChI=1S/C12H15F2N.C2H6/c1-10-3-5-11(6-4-10)15-8-2-7-12(13,14)9-15;1-2/h3-6H,2,7-9H2,1H3;1-2H3. The van der Waals surface area contributed by atoms with Crippen molar-refractivity contribution in [3.63, 3.8) is 0 Å². The summed E-state index contributed by atoms with van der Waals surface area (Å²) in [5.74, 6) is -2.52. The average Bonchev–Trinajstić information content (AvgIpc) is 2.31. The SMILES string of the molecule is CC.Cc1ccc(N2CCCC(F)(F)C2)cc1. The lowest BCUT2D eigenvalue weighted by Gasteiger charge is -2.34. The summed E-state index contributed by atoms with van der Waals surface area (Å²) < 4.78 is 26.4. The van der Waals surface area contributed by atoms with Crippen LogP contribution in [0.15, 0.2) is 24.3 Å². The highest BCUT2D eigenvalue weighted by molar-refractivity contribution is 5.48. The van der Waals surface area contributed by atoms with Gasteiger partial charge in [-0.1, -0.05) is 31.5 Å². The molecule has 0 spiro atoms.